The predicted octanol–water partition coefficient (Wildman–Crippen LogP) is 4.66. The van der Waals surface area contributed by atoms with Gasteiger partial charge in [0.25, 0.3) is 0 Å². The highest BCUT2D eigenvalue weighted by molar-refractivity contribution is 7.99. The molecule has 2 N–H and O–H groups in total. The molecule has 4 fully saturated rings. The van der Waals surface area contributed by atoms with Crippen LogP contribution in [-0.2, 0) is 10.2 Å². The zero-order valence-corrected chi connectivity index (χ0v) is 16.7. The van der Waals surface area contributed by atoms with Crippen molar-refractivity contribution in [2.75, 3.05) is 11.1 Å². The lowest BCUT2D eigenvalue weighted by Crippen LogP contribution is -2.49. The summed E-state index contributed by atoms with van der Waals surface area (Å²) in [6.45, 7) is 0. The number of aromatic amines is 1. The standard InChI is InChI=1S/C20H23ClN4OS/c21-15-3-1-2-4-16(15)22-17(26)11-27-19-23-18(24-25-19)20-8-12-5-13(9-20)7-14(6-12)10-20/h1-4,12-14H,5-11H2,(H,22,26)(H,23,24,25). The van der Waals surface area contributed by atoms with Gasteiger partial charge in [-0.3, -0.25) is 9.89 Å². The van der Waals surface area contributed by atoms with Crippen LogP contribution in [0.1, 0.15) is 44.3 Å². The van der Waals surface area contributed by atoms with E-state index in [9.17, 15) is 4.79 Å². The molecule has 4 bridgehead atoms. The minimum Gasteiger partial charge on any atom is -0.324 e. The van der Waals surface area contributed by atoms with Crippen LogP contribution < -0.4 is 5.32 Å². The van der Waals surface area contributed by atoms with Crippen molar-refractivity contribution in [3.05, 3.63) is 35.1 Å². The minimum atomic E-state index is -0.103. The van der Waals surface area contributed by atoms with E-state index in [1.54, 1.807) is 12.1 Å². The van der Waals surface area contributed by atoms with Gasteiger partial charge in [0.15, 0.2) is 0 Å². The molecule has 0 saturated heterocycles. The monoisotopic (exact) mass is 402 g/mol. The summed E-state index contributed by atoms with van der Waals surface area (Å²) in [6, 6.07) is 7.24. The number of hydrogen-bond acceptors (Lipinski definition) is 4. The van der Waals surface area contributed by atoms with E-state index in [1.165, 1.54) is 50.3 Å². The molecule has 0 atom stereocenters. The lowest BCUT2D eigenvalue weighted by molar-refractivity contribution is -0.113. The number of carbonyl (C=O) groups is 1. The molecule has 1 aromatic heterocycles. The Kier molecular flexibility index (Phi) is 4.43. The van der Waals surface area contributed by atoms with E-state index in [1.807, 2.05) is 12.1 Å². The molecule has 0 radical (unpaired) electrons. The quantitative estimate of drug-likeness (QED) is 0.713. The second-order valence-electron chi connectivity index (χ2n) is 8.48. The number of amides is 1. The first-order chi connectivity index (χ1) is 13.1. The fourth-order valence-corrected chi connectivity index (χ4v) is 6.61. The second-order valence-corrected chi connectivity index (χ2v) is 9.83. The number of carbonyl (C=O) groups excluding carboxylic acids is 1. The number of rotatable bonds is 5. The van der Waals surface area contributed by atoms with E-state index in [4.69, 9.17) is 16.6 Å². The van der Waals surface area contributed by atoms with Crippen LogP contribution in [0.4, 0.5) is 5.69 Å². The number of hydrogen-bond donors (Lipinski definition) is 2. The molecule has 0 aliphatic heterocycles. The molecule has 5 nitrogen and oxygen atoms in total. The fraction of sp³-hybridized carbons (Fsp3) is 0.550. The fourth-order valence-electron chi connectivity index (χ4n) is 5.83. The highest BCUT2D eigenvalue weighted by Crippen LogP contribution is 2.60. The first-order valence-electron chi connectivity index (χ1n) is 9.70. The molecule has 1 aromatic carbocycles. The lowest BCUT2D eigenvalue weighted by Gasteiger charge is -2.55. The van der Waals surface area contributed by atoms with E-state index in [0.29, 0.717) is 15.9 Å². The number of halogens is 1. The Hall–Kier alpha value is -1.53. The van der Waals surface area contributed by atoms with Crippen molar-refractivity contribution >= 4 is 35.0 Å². The predicted molar refractivity (Wildman–Crippen MR) is 107 cm³/mol. The first-order valence-corrected chi connectivity index (χ1v) is 11.1. The molecule has 27 heavy (non-hydrogen) atoms. The molecule has 2 aromatic rings. The number of H-pyrrole nitrogens is 1. The van der Waals surface area contributed by atoms with Gasteiger partial charge in [-0.05, 0) is 68.4 Å². The van der Waals surface area contributed by atoms with Crippen LogP contribution in [0.25, 0.3) is 0 Å². The Bertz CT molecular complexity index is 832. The normalized spacial score (nSPS) is 31.2. The molecule has 4 aliphatic carbocycles. The molecular weight excluding hydrogens is 380 g/mol. The largest absolute Gasteiger partial charge is 0.324 e. The van der Waals surface area contributed by atoms with Crippen LogP contribution in [0.3, 0.4) is 0 Å². The first kappa shape index (κ1) is 17.6. The van der Waals surface area contributed by atoms with Crippen LogP contribution in [0.5, 0.6) is 0 Å². The van der Waals surface area contributed by atoms with Crippen molar-refractivity contribution < 1.29 is 4.79 Å². The van der Waals surface area contributed by atoms with Gasteiger partial charge >= 0.3 is 0 Å². The van der Waals surface area contributed by atoms with Crippen molar-refractivity contribution in [2.24, 2.45) is 17.8 Å². The summed E-state index contributed by atoms with van der Waals surface area (Å²) >= 11 is 7.46. The minimum absolute atomic E-state index is 0.103. The molecule has 1 heterocycles. The maximum Gasteiger partial charge on any atom is 0.234 e. The van der Waals surface area contributed by atoms with Gasteiger partial charge in [0.05, 0.1) is 16.5 Å². The van der Waals surface area contributed by atoms with Gasteiger partial charge in [0, 0.05) is 5.41 Å². The Balaban J connectivity index is 1.23. The van der Waals surface area contributed by atoms with Gasteiger partial charge in [-0.2, -0.15) is 0 Å². The zero-order chi connectivity index (χ0) is 18.4. The molecule has 1 amide bonds. The van der Waals surface area contributed by atoms with E-state index >= 15 is 0 Å². The van der Waals surface area contributed by atoms with E-state index in [-0.39, 0.29) is 17.1 Å². The van der Waals surface area contributed by atoms with Crippen molar-refractivity contribution in [3.63, 3.8) is 0 Å². The van der Waals surface area contributed by atoms with Gasteiger partial charge in [-0.15, -0.1) is 5.10 Å². The highest BCUT2D eigenvalue weighted by Gasteiger charge is 2.53. The van der Waals surface area contributed by atoms with Gasteiger partial charge in [-0.1, -0.05) is 35.5 Å². The van der Waals surface area contributed by atoms with Gasteiger partial charge in [-0.25, -0.2) is 4.98 Å². The Morgan fingerprint density at radius 1 is 1.19 bits per heavy atom. The molecular formula is C20H23ClN4OS. The number of nitrogens with one attached hydrogen (secondary N) is 2. The Morgan fingerprint density at radius 2 is 1.85 bits per heavy atom. The molecule has 142 valence electrons. The number of aromatic nitrogens is 3. The summed E-state index contributed by atoms with van der Waals surface area (Å²) in [7, 11) is 0. The maximum atomic E-state index is 12.2. The van der Waals surface area contributed by atoms with Gasteiger partial charge < -0.3 is 5.32 Å². The van der Waals surface area contributed by atoms with Crippen LogP contribution in [-0.4, -0.2) is 26.8 Å². The van der Waals surface area contributed by atoms with Crippen molar-refractivity contribution in [2.45, 2.75) is 49.1 Å². The molecule has 4 saturated carbocycles. The zero-order valence-electron chi connectivity index (χ0n) is 15.1. The third-order valence-corrected chi connectivity index (χ3v) is 7.66. The number of para-hydroxylation sites is 1. The van der Waals surface area contributed by atoms with Crippen LogP contribution in [0.2, 0.25) is 5.02 Å². The maximum absolute atomic E-state index is 12.2. The summed E-state index contributed by atoms with van der Waals surface area (Å²) in [6.07, 6.45) is 8.01. The van der Waals surface area contributed by atoms with Crippen molar-refractivity contribution in [1.29, 1.82) is 0 Å². The smallest absolute Gasteiger partial charge is 0.234 e. The van der Waals surface area contributed by atoms with Crippen LogP contribution >= 0.6 is 23.4 Å². The third kappa shape index (κ3) is 3.38. The highest BCUT2D eigenvalue weighted by atomic mass is 35.5. The summed E-state index contributed by atoms with van der Waals surface area (Å²) in [4.78, 5) is 17.0. The van der Waals surface area contributed by atoms with E-state index in [2.05, 4.69) is 15.5 Å². The average Bonchev–Trinajstić information content (AvgIpc) is 3.11. The number of nitrogens with zero attached hydrogens (tertiary/aromatic N) is 2. The summed E-state index contributed by atoms with van der Waals surface area (Å²) in [5.41, 5.74) is 0.842. The second kappa shape index (κ2) is 6.82. The van der Waals surface area contributed by atoms with Crippen LogP contribution in [0.15, 0.2) is 29.4 Å². The molecule has 0 spiro atoms. The topological polar surface area (TPSA) is 70.7 Å². The number of thioether (sulfide) groups is 1. The van der Waals surface area contributed by atoms with Crippen LogP contribution in [0, 0.1) is 17.8 Å². The summed E-state index contributed by atoms with van der Waals surface area (Å²) in [5.74, 6) is 3.84. The summed E-state index contributed by atoms with van der Waals surface area (Å²) in [5, 5.41) is 11.6. The Labute approximate surface area is 168 Å². The van der Waals surface area contributed by atoms with Gasteiger partial charge in [0.1, 0.15) is 5.82 Å². The Morgan fingerprint density at radius 3 is 2.52 bits per heavy atom. The number of anilines is 1. The SMILES string of the molecule is O=C(CSc1n[nH]c(C23CC4CC(CC(C4)C2)C3)n1)Nc1ccccc1Cl. The average molecular weight is 403 g/mol. The van der Waals surface area contributed by atoms with Crippen molar-refractivity contribution in [1.82, 2.24) is 15.2 Å². The van der Waals surface area contributed by atoms with E-state index < -0.39 is 0 Å². The molecule has 4 aliphatic rings. The third-order valence-electron chi connectivity index (χ3n) is 6.49. The molecule has 6 rings (SSSR count). The lowest BCUT2D eigenvalue weighted by atomic mass is 9.49. The van der Waals surface area contributed by atoms with Gasteiger partial charge in [0.2, 0.25) is 11.1 Å². The molecule has 7 heteroatoms. The number of benzene rings is 1. The van der Waals surface area contributed by atoms with E-state index in [0.717, 1.165) is 23.6 Å². The molecule has 0 unspecified atom stereocenters. The van der Waals surface area contributed by atoms with Crippen molar-refractivity contribution in [3.8, 4) is 0 Å². The summed E-state index contributed by atoms with van der Waals surface area (Å²) < 4.78 is 0.